The molecule has 1 fully saturated rings. The minimum absolute atomic E-state index is 0.104. The second-order valence-electron chi connectivity index (χ2n) is 4.20. The molecule has 0 saturated heterocycles. The summed E-state index contributed by atoms with van der Waals surface area (Å²) in [6.07, 6.45) is 1.34. The van der Waals surface area contributed by atoms with Crippen LogP contribution in [0.15, 0.2) is 15.8 Å². The summed E-state index contributed by atoms with van der Waals surface area (Å²) in [4.78, 5) is 24.9. The number of rotatable bonds is 3. The Morgan fingerprint density at radius 3 is 2.94 bits per heavy atom. The van der Waals surface area contributed by atoms with E-state index >= 15 is 0 Å². The topological polar surface area (TPSA) is 95.3 Å². The minimum Gasteiger partial charge on any atom is -0.394 e. The van der Waals surface area contributed by atoms with Gasteiger partial charge in [0, 0.05) is 23.7 Å². The maximum atomic E-state index is 11.5. The molecule has 0 amide bonds. The molecular formula is C10H14N2O4. The minimum atomic E-state index is -0.802. The van der Waals surface area contributed by atoms with E-state index in [1.54, 1.807) is 6.92 Å². The first-order chi connectivity index (χ1) is 7.54. The molecule has 2 rings (SSSR count). The maximum Gasteiger partial charge on any atom is 0.328 e. The van der Waals surface area contributed by atoms with Crippen LogP contribution in [0, 0.1) is 12.8 Å². The molecular weight excluding hydrogens is 212 g/mol. The summed E-state index contributed by atoms with van der Waals surface area (Å²) in [5, 5.41) is 18.2. The highest BCUT2D eigenvalue weighted by atomic mass is 16.3. The fraction of sp³-hybridized carbons (Fsp3) is 0.600. The van der Waals surface area contributed by atoms with Crippen molar-refractivity contribution in [3.05, 3.63) is 32.6 Å². The smallest absolute Gasteiger partial charge is 0.328 e. The zero-order valence-corrected chi connectivity index (χ0v) is 8.88. The molecule has 3 atom stereocenters. The third-order valence-corrected chi connectivity index (χ3v) is 2.99. The number of aliphatic hydroxyl groups excluding tert-OH is 2. The molecule has 0 aliphatic heterocycles. The van der Waals surface area contributed by atoms with Crippen LogP contribution in [-0.2, 0) is 0 Å². The third-order valence-electron chi connectivity index (χ3n) is 2.99. The molecule has 3 N–H and O–H groups in total. The molecule has 1 heterocycles. The van der Waals surface area contributed by atoms with E-state index in [2.05, 4.69) is 4.98 Å². The second kappa shape index (κ2) is 3.88. The van der Waals surface area contributed by atoms with E-state index in [4.69, 9.17) is 5.11 Å². The van der Waals surface area contributed by atoms with Crippen molar-refractivity contribution in [3.8, 4) is 0 Å². The van der Waals surface area contributed by atoms with Gasteiger partial charge in [-0.3, -0.25) is 14.3 Å². The number of aliphatic hydroxyl groups is 2. The molecule has 88 valence electrons. The third kappa shape index (κ3) is 1.81. The molecule has 6 heteroatoms. The van der Waals surface area contributed by atoms with Gasteiger partial charge in [-0.25, -0.2) is 4.79 Å². The van der Waals surface area contributed by atoms with Gasteiger partial charge in [-0.15, -0.1) is 0 Å². The largest absolute Gasteiger partial charge is 0.394 e. The first kappa shape index (κ1) is 11.1. The van der Waals surface area contributed by atoms with Crippen molar-refractivity contribution in [2.24, 2.45) is 5.92 Å². The van der Waals surface area contributed by atoms with Crippen molar-refractivity contribution in [2.45, 2.75) is 25.5 Å². The summed E-state index contributed by atoms with van der Waals surface area (Å²) >= 11 is 0. The van der Waals surface area contributed by atoms with Crippen molar-refractivity contribution >= 4 is 0 Å². The normalized spacial score (nSPS) is 25.4. The molecule has 1 aliphatic rings. The lowest BCUT2D eigenvalue weighted by molar-refractivity contribution is 0.0739. The highest BCUT2D eigenvalue weighted by Crippen LogP contribution is 2.44. The molecule has 1 aromatic heterocycles. The van der Waals surface area contributed by atoms with Crippen molar-refractivity contribution in [2.75, 3.05) is 6.61 Å². The maximum absolute atomic E-state index is 11.5. The van der Waals surface area contributed by atoms with Crippen molar-refractivity contribution in [1.29, 1.82) is 0 Å². The van der Waals surface area contributed by atoms with Crippen LogP contribution in [0.3, 0.4) is 0 Å². The van der Waals surface area contributed by atoms with Crippen molar-refractivity contribution < 1.29 is 10.2 Å². The van der Waals surface area contributed by atoms with Gasteiger partial charge >= 0.3 is 5.69 Å². The van der Waals surface area contributed by atoms with E-state index < -0.39 is 11.8 Å². The van der Waals surface area contributed by atoms with Gasteiger partial charge in [-0.1, -0.05) is 0 Å². The Labute approximate surface area is 91.2 Å². The monoisotopic (exact) mass is 226 g/mol. The molecule has 0 radical (unpaired) electrons. The van der Waals surface area contributed by atoms with Gasteiger partial charge in [0.25, 0.3) is 5.56 Å². The van der Waals surface area contributed by atoms with Crippen LogP contribution in [0.4, 0.5) is 0 Å². The van der Waals surface area contributed by atoms with E-state index in [1.165, 1.54) is 10.8 Å². The van der Waals surface area contributed by atoms with Gasteiger partial charge in [0.2, 0.25) is 0 Å². The Kier molecular flexibility index (Phi) is 2.69. The summed E-state index contributed by atoms with van der Waals surface area (Å²) in [6.45, 7) is 1.31. The highest BCUT2D eigenvalue weighted by Gasteiger charge is 2.44. The van der Waals surface area contributed by atoms with E-state index in [9.17, 15) is 14.7 Å². The number of nitrogens with zero attached hydrogens (tertiary/aromatic N) is 1. The Balaban J connectivity index is 2.28. The number of nitrogens with one attached hydrogen (secondary N) is 1. The van der Waals surface area contributed by atoms with Gasteiger partial charge < -0.3 is 10.2 Å². The average Bonchev–Trinajstić information content (AvgIpc) is 3.02. The van der Waals surface area contributed by atoms with Crippen LogP contribution in [0.5, 0.6) is 0 Å². The number of H-pyrrole nitrogens is 1. The van der Waals surface area contributed by atoms with E-state index in [0.717, 1.165) is 0 Å². The Hall–Kier alpha value is -1.40. The highest BCUT2D eigenvalue weighted by molar-refractivity contribution is 5.06. The van der Waals surface area contributed by atoms with Crippen LogP contribution in [0.1, 0.15) is 18.0 Å². The van der Waals surface area contributed by atoms with E-state index in [-0.39, 0.29) is 24.1 Å². The molecule has 1 aromatic rings. The first-order valence-electron chi connectivity index (χ1n) is 5.15. The SMILES string of the molecule is Cc1cn([C@H]2C[C@H]2[C@H](O)CO)c(=O)[nH]c1=O. The predicted molar refractivity (Wildman–Crippen MR) is 56.3 cm³/mol. The Bertz CT molecular complexity index is 504. The fourth-order valence-electron chi connectivity index (χ4n) is 1.90. The molecule has 0 bridgehead atoms. The molecule has 0 aromatic carbocycles. The average molecular weight is 226 g/mol. The molecule has 1 aliphatic carbocycles. The number of aryl methyl sites for hydroxylation is 1. The molecule has 0 spiro atoms. The lowest BCUT2D eigenvalue weighted by Gasteiger charge is -2.08. The first-order valence-corrected chi connectivity index (χ1v) is 5.15. The molecule has 1 saturated carbocycles. The molecule has 0 unspecified atom stereocenters. The van der Waals surface area contributed by atoms with E-state index in [1.807, 2.05) is 0 Å². The van der Waals surface area contributed by atoms with Gasteiger partial charge in [-0.05, 0) is 13.3 Å². The van der Waals surface area contributed by atoms with Crippen LogP contribution in [0.25, 0.3) is 0 Å². The summed E-state index contributed by atoms with van der Waals surface area (Å²) in [5.41, 5.74) is -0.391. The fourth-order valence-corrected chi connectivity index (χ4v) is 1.90. The van der Waals surface area contributed by atoms with Gasteiger partial charge in [-0.2, -0.15) is 0 Å². The van der Waals surface area contributed by atoms with Crippen molar-refractivity contribution in [1.82, 2.24) is 9.55 Å². The number of hydrogen-bond acceptors (Lipinski definition) is 4. The zero-order chi connectivity index (χ0) is 11.9. The van der Waals surface area contributed by atoms with E-state index in [0.29, 0.717) is 12.0 Å². The van der Waals surface area contributed by atoms with Crippen LogP contribution < -0.4 is 11.2 Å². The lowest BCUT2D eigenvalue weighted by Crippen LogP contribution is -2.31. The second-order valence-corrected chi connectivity index (χ2v) is 4.20. The number of aromatic amines is 1. The number of aromatic nitrogens is 2. The zero-order valence-electron chi connectivity index (χ0n) is 8.88. The van der Waals surface area contributed by atoms with Gasteiger partial charge in [0.1, 0.15) is 0 Å². The standard InChI is InChI=1S/C10H14N2O4/c1-5-3-12(10(16)11-9(5)15)7-2-6(7)8(14)4-13/h3,6-8,13-14H,2,4H2,1H3,(H,11,15,16)/t6-,7+,8-/m1/s1. The summed E-state index contributed by atoms with van der Waals surface area (Å²) < 4.78 is 1.42. The lowest BCUT2D eigenvalue weighted by atomic mass is 10.2. The Morgan fingerprint density at radius 2 is 2.31 bits per heavy atom. The molecule has 6 nitrogen and oxygen atoms in total. The summed E-state index contributed by atoms with van der Waals surface area (Å²) in [7, 11) is 0. The van der Waals surface area contributed by atoms with Crippen LogP contribution in [0.2, 0.25) is 0 Å². The quantitative estimate of drug-likeness (QED) is 0.600. The predicted octanol–water partition coefficient (Wildman–Crippen LogP) is -1.24. The summed E-state index contributed by atoms with van der Waals surface area (Å²) in [5.74, 6) is -0.104. The molecule has 16 heavy (non-hydrogen) atoms. The Morgan fingerprint density at radius 1 is 1.62 bits per heavy atom. The van der Waals surface area contributed by atoms with Gasteiger partial charge in [0.15, 0.2) is 0 Å². The van der Waals surface area contributed by atoms with Crippen LogP contribution >= 0.6 is 0 Å². The number of hydrogen-bond donors (Lipinski definition) is 3. The van der Waals surface area contributed by atoms with Crippen LogP contribution in [-0.4, -0.2) is 32.5 Å². The summed E-state index contributed by atoms with van der Waals surface area (Å²) in [6, 6.07) is -0.120. The van der Waals surface area contributed by atoms with Gasteiger partial charge in [0.05, 0.1) is 12.7 Å². The van der Waals surface area contributed by atoms with Crippen molar-refractivity contribution in [3.63, 3.8) is 0 Å².